The second kappa shape index (κ2) is 17.0. The number of fused-ring (bicyclic) bond motifs is 2. The highest BCUT2D eigenvalue weighted by molar-refractivity contribution is 5.68. The number of ether oxygens (including phenoxy) is 1. The number of carbonyl (C=O) groups excluding carboxylic acids is 1. The molecule has 6 N–H and O–H groups in total. The van der Waals surface area contributed by atoms with E-state index < -0.39 is 11.7 Å². The van der Waals surface area contributed by atoms with Crippen LogP contribution >= 0.6 is 0 Å². The molecule has 0 unspecified atom stereocenters. The van der Waals surface area contributed by atoms with Crippen molar-refractivity contribution in [3.8, 4) is 11.8 Å². The maximum atomic E-state index is 12.8. The molecule has 0 radical (unpaired) electrons. The first-order chi connectivity index (χ1) is 23.6. The molecule has 7 rings (SSSR count). The number of carbonyl (C=O) groups is 1. The van der Waals surface area contributed by atoms with Gasteiger partial charge in [-0.2, -0.15) is 19.2 Å². The van der Waals surface area contributed by atoms with E-state index in [-0.39, 0.29) is 50.0 Å². The molecule has 15 nitrogen and oxygen atoms in total. The third kappa shape index (κ3) is 9.09. The minimum Gasteiger partial charge on any atom is -0.493 e. The lowest BCUT2D eigenvalue weighted by molar-refractivity contribution is 0.0553. The molecule has 15 heteroatoms. The van der Waals surface area contributed by atoms with Gasteiger partial charge >= 0.3 is 6.09 Å². The predicted molar refractivity (Wildman–Crippen MR) is 188 cm³/mol. The zero-order valence-corrected chi connectivity index (χ0v) is 27.9. The highest BCUT2D eigenvalue weighted by Crippen LogP contribution is 2.34. The first kappa shape index (κ1) is 37.7. The Kier molecular flexibility index (Phi) is 12.8. The topological polar surface area (TPSA) is 203 Å². The Morgan fingerprint density at radius 1 is 0.860 bits per heavy atom. The minimum absolute atomic E-state index is 0. The summed E-state index contributed by atoms with van der Waals surface area (Å²) in [5, 5.41) is 39.4. The highest BCUT2D eigenvalue weighted by Gasteiger charge is 2.34. The second-order valence-electron chi connectivity index (χ2n) is 12.6. The van der Waals surface area contributed by atoms with E-state index >= 15 is 0 Å². The summed E-state index contributed by atoms with van der Waals surface area (Å²) in [6, 6.07) is 15.2. The average Bonchev–Trinajstić information content (AvgIpc) is 3.70. The Bertz CT molecular complexity index is 1960. The van der Waals surface area contributed by atoms with Gasteiger partial charge in [0.2, 0.25) is 11.8 Å². The summed E-state index contributed by atoms with van der Waals surface area (Å²) >= 11 is 0. The zero-order chi connectivity index (χ0) is 35.1. The summed E-state index contributed by atoms with van der Waals surface area (Å²) in [5.41, 5.74) is 2.57. The van der Waals surface area contributed by atoms with Crippen LogP contribution in [0.1, 0.15) is 82.9 Å². The number of hydrogen-bond donors (Lipinski definition) is 6. The van der Waals surface area contributed by atoms with Gasteiger partial charge < -0.3 is 35.3 Å². The average molecular weight is 693 g/mol. The van der Waals surface area contributed by atoms with Crippen molar-refractivity contribution in [3.63, 3.8) is 0 Å². The molecule has 270 valence electrons. The Hall–Kier alpha value is -5.15. The molecule has 0 saturated carbocycles. The number of rotatable bonds is 4. The van der Waals surface area contributed by atoms with Gasteiger partial charge in [-0.25, -0.2) is 4.79 Å². The number of benzene rings is 1. The van der Waals surface area contributed by atoms with Gasteiger partial charge in [0.1, 0.15) is 17.9 Å². The fourth-order valence-corrected chi connectivity index (χ4v) is 6.06. The van der Waals surface area contributed by atoms with Gasteiger partial charge in [0.15, 0.2) is 0 Å². The number of piperidine rings is 2. The standard InChI is InChI=1S/C20H22N4O4.C12H16N4O2.C2H6O.CH4/c1-13-7-8-16(15-9-17-21-18(25)10-19(26)24(17)22-15)23(11-13)20(27)28-12-14-5-3-2-4-6-14;1-7-2-3-8(13-6-7)9-4-10-14-11(17)5-12(18)16(10)15-9;1-2-3;/h2-6,9-10,13,16,26H,7-8,11-12H2,1H3,(H,21,25);4-5,7-8,13,18H,2-3,6H2,1H3,(H,14,17);3H,2H2,1H3;1H4/t13-,16-;7-,8-;;/m00../s1. The Morgan fingerprint density at radius 2 is 1.42 bits per heavy atom. The molecule has 0 spiro atoms. The number of nitrogens with one attached hydrogen (secondary N) is 3. The number of aromatic hydroxyl groups is 2. The van der Waals surface area contributed by atoms with Crippen LogP contribution in [0.25, 0.3) is 11.3 Å². The Morgan fingerprint density at radius 3 is 2.00 bits per heavy atom. The van der Waals surface area contributed by atoms with Crippen molar-refractivity contribution in [2.75, 3.05) is 19.7 Å². The molecule has 5 aromatic rings. The number of nitrogens with zero attached hydrogens (tertiary/aromatic N) is 5. The molecular formula is C35H48N8O7. The van der Waals surface area contributed by atoms with Crippen molar-refractivity contribution in [3.05, 3.63) is 92.3 Å². The van der Waals surface area contributed by atoms with Crippen LogP contribution in [0.5, 0.6) is 11.8 Å². The number of H-pyrrole nitrogens is 2. The molecule has 2 aliphatic heterocycles. The molecule has 4 atom stereocenters. The van der Waals surface area contributed by atoms with Crippen molar-refractivity contribution in [1.82, 2.24) is 39.4 Å². The van der Waals surface area contributed by atoms with Crippen molar-refractivity contribution in [2.45, 2.75) is 72.6 Å². The molecule has 1 amide bonds. The van der Waals surface area contributed by atoms with E-state index in [0.29, 0.717) is 35.4 Å². The molecule has 4 aromatic heterocycles. The number of aliphatic hydroxyl groups is 1. The maximum absolute atomic E-state index is 12.8. The van der Waals surface area contributed by atoms with Gasteiger partial charge in [-0.1, -0.05) is 51.6 Å². The van der Waals surface area contributed by atoms with E-state index in [4.69, 9.17) is 9.84 Å². The monoisotopic (exact) mass is 692 g/mol. The molecule has 6 heterocycles. The molecule has 2 saturated heterocycles. The van der Waals surface area contributed by atoms with Gasteiger partial charge in [-0.3, -0.25) is 14.5 Å². The number of hydrogen-bond acceptors (Lipinski definition) is 10. The number of aliphatic hydroxyl groups excluding tert-OH is 1. The third-order valence-electron chi connectivity index (χ3n) is 8.53. The van der Waals surface area contributed by atoms with Gasteiger partial charge in [-0.15, -0.1) is 0 Å². The predicted octanol–water partition coefficient (Wildman–Crippen LogP) is 4.26. The Balaban J connectivity index is 0.000000220. The van der Waals surface area contributed by atoms with Crippen LogP contribution in [0.15, 0.2) is 64.2 Å². The van der Waals surface area contributed by atoms with Crippen LogP contribution in [0, 0.1) is 11.8 Å². The molecular weight excluding hydrogens is 644 g/mol. The van der Waals surface area contributed by atoms with Crippen molar-refractivity contribution < 1.29 is 24.9 Å². The summed E-state index contributed by atoms with van der Waals surface area (Å²) in [7, 11) is 0. The van der Waals surface area contributed by atoms with Gasteiger partial charge in [0.05, 0.1) is 35.6 Å². The Labute approximate surface area is 289 Å². The lowest BCUT2D eigenvalue weighted by Crippen LogP contribution is -2.42. The number of aromatic amines is 2. The highest BCUT2D eigenvalue weighted by atomic mass is 16.6. The number of aromatic nitrogens is 6. The second-order valence-corrected chi connectivity index (χ2v) is 12.6. The maximum Gasteiger partial charge on any atom is 0.410 e. The van der Waals surface area contributed by atoms with E-state index in [0.717, 1.165) is 55.6 Å². The first-order valence-electron chi connectivity index (χ1n) is 16.5. The summed E-state index contributed by atoms with van der Waals surface area (Å²) in [5.74, 6) is 0.661. The van der Waals surface area contributed by atoms with Crippen LogP contribution < -0.4 is 16.4 Å². The van der Waals surface area contributed by atoms with Crippen LogP contribution in [0.4, 0.5) is 4.79 Å². The van der Waals surface area contributed by atoms with Crippen molar-refractivity contribution in [1.29, 1.82) is 0 Å². The van der Waals surface area contributed by atoms with E-state index in [1.165, 1.54) is 9.03 Å². The zero-order valence-electron chi connectivity index (χ0n) is 27.9. The third-order valence-corrected chi connectivity index (χ3v) is 8.53. The molecule has 2 fully saturated rings. The van der Waals surface area contributed by atoms with E-state index in [2.05, 4.69) is 39.3 Å². The van der Waals surface area contributed by atoms with Gasteiger partial charge in [-0.05, 0) is 56.6 Å². The normalized spacial score (nSPS) is 20.2. The van der Waals surface area contributed by atoms with Crippen LogP contribution in [0.2, 0.25) is 0 Å². The van der Waals surface area contributed by atoms with E-state index in [9.17, 15) is 24.6 Å². The van der Waals surface area contributed by atoms with Crippen molar-refractivity contribution in [2.24, 2.45) is 11.8 Å². The summed E-state index contributed by atoms with van der Waals surface area (Å²) in [4.78, 5) is 42.6. The van der Waals surface area contributed by atoms with Crippen LogP contribution in [-0.2, 0) is 11.3 Å². The number of amides is 1. The minimum atomic E-state index is -0.409. The molecule has 50 heavy (non-hydrogen) atoms. The van der Waals surface area contributed by atoms with Gasteiger partial charge in [0.25, 0.3) is 11.1 Å². The molecule has 0 bridgehead atoms. The van der Waals surface area contributed by atoms with Gasteiger partial charge in [0, 0.05) is 25.3 Å². The summed E-state index contributed by atoms with van der Waals surface area (Å²) in [6.45, 7) is 7.99. The number of likely N-dealkylation sites (tertiary alicyclic amines) is 1. The quantitative estimate of drug-likeness (QED) is 0.158. The molecule has 0 aliphatic carbocycles. The van der Waals surface area contributed by atoms with Crippen molar-refractivity contribution >= 4 is 17.4 Å². The lowest BCUT2D eigenvalue weighted by Gasteiger charge is -2.36. The SMILES string of the molecule is C.CCO.C[C@H]1CC[C@@H](c2cc3[nH]c(=O)cc(O)n3n2)N(C(=O)OCc2ccccc2)C1.C[C@H]1CC[C@@H](c2cc3[nH]c(=O)cc(O)n3n2)NC1. The smallest absolute Gasteiger partial charge is 0.410 e. The molecule has 1 aromatic carbocycles. The fourth-order valence-electron chi connectivity index (χ4n) is 6.06. The van der Waals surface area contributed by atoms with Crippen LogP contribution in [-0.4, -0.2) is 75.2 Å². The fraction of sp³-hybridized carbons (Fsp3) is 0.457. The lowest BCUT2D eigenvalue weighted by atomic mass is 9.93. The first-order valence-corrected chi connectivity index (χ1v) is 16.5. The molecule has 2 aliphatic rings. The summed E-state index contributed by atoms with van der Waals surface area (Å²) in [6.07, 6.45) is 3.47. The van der Waals surface area contributed by atoms with E-state index in [1.54, 1.807) is 17.9 Å². The summed E-state index contributed by atoms with van der Waals surface area (Å²) < 4.78 is 8.15. The van der Waals surface area contributed by atoms with E-state index in [1.807, 2.05) is 36.4 Å². The largest absolute Gasteiger partial charge is 0.493 e. The van der Waals surface area contributed by atoms with Crippen LogP contribution in [0.3, 0.4) is 0 Å².